The van der Waals surface area contributed by atoms with Gasteiger partial charge < -0.3 is 5.32 Å². The molecule has 3 aromatic carbocycles. The molecule has 0 bridgehead atoms. The summed E-state index contributed by atoms with van der Waals surface area (Å²) in [6.45, 7) is 1.15. The molecule has 36 heavy (non-hydrogen) atoms. The van der Waals surface area contributed by atoms with Crippen molar-refractivity contribution in [3.8, 4) is 0 Å². The maximum absolute atomic E-state index is 13.5. The zero-order chi connectivity index (χ0) is 26.7. The molecule has 0 atom stereocenters. The molecular weight excluding hydrogens is 590 g/mol. The van der Waals surface area contributed by atoms with Gasteiger partial charge in [0.05, 0.1) is 16.3 Å². The number of nitrogens with zero attached hydrogens (tertiary/aromatic N) is 2. The molecule has 192 valence electrons. The Morgan fingerprint density at radius 1 is 0.889 bits per heavy atom. The Morgan fingerprint density at radius 2 is 1.47 bits per heavy atom. The smallest absolute Gasteiger partial charge is 0.243 e. The van der Waals surface area contributed by atoms with E-state index in [1.807, 2.05) is 0 Å². The summed E-state index contributed by atoms with van der Waals surface area (Å²) in [5, 5.41) is 3.16. The van der Waals surface area contributed by atoms with Crippen LogP contribution < -0.4 is 5.32 Å². The average Bonchev–Trinajstić information content (AvgIpc) is 2.81. The number of benzene rings is 3. The van der Waals surface area contributed by atoms with Crippen LogP contribution in [0.5, 0.6) is 0 Å². The number of sulfonamides is 2. The Labute approximate surface area is 225 Å². The third kappa shape index (κ3) is 6.72. The van der Waals surface area contributed by atoms with Crippen LogP contribution >= 0.6 is 27.5 Å². The average molecular weight is 615 g/mol. The van der Waals surface area contributed by atoms with Crippen LogP contribution in [-0.4, -0.2) is 52.0 Å². The number of carbonyl (C=O) groups is 1. The molecule has 1 amide bonds. The fourth-order valence-electron chi connectivity index (χ4n) is 3.23. The second-order valence-electron chi connectivity index (χ2n) is 8.17. The van der Waals surface area contributed by atoms with Gasteiger partial charge in [-0.25, -0.2) is 21.1 Å². The van der Waals surface area contributed by atoms with Crippen molar-refractivity contribution in [3.63, 3.8) is 0 Å². The summed E-state index contributed by atoms with van der Waals surface area (Å²) >= 11 is 9.25. The van der Waals surface area contributed by atoms with Crippen molar-refractivity contribution in [2.45, 2.75) is 23.3 Å². The first-order valence-corrected chi connectivity index (χ1v) is 14.7. The quantitative estimate of drug-likeness (QED) is 0.383. The number of amides is 1. The van der Waals surface area contributed by atoms with Crippen LogP contribution in [0.2, 0.25) is 5.02 Å². The van der Waals surface area contributed by atoms with Crippen molar-refractivity contribution < 1.29 is 21.6 Å². The molecule has 0 aliphatic carbocycles. The summed E-state index contributed by atoms with van der Waals surface area (Å²) in [5.74, 6) is -0.618. The number of halogens is 2. The molecule has 0 aromatic heterocycles. The highest BCUT2D eigenvalue weighted by Crippen LogP contribution is 2.24. The molecule has 0 spiro atoms. The highest BCUT2D eigenvalue weighted by Gasteiger charge is 2.27. The van der Waals surface area contributed by atoms with E-state index < -0.39 is 32.5 Å². The highest BCUT2D eigenvalue weighted by molar-refractivity contribution is 9.10. The summed E-state index contributed by atoms with van der Waals surface area (Å²) in [6.07, 6.45) is 0. The first kappa shape index (κ1) is 28.3. The normalized spacial score (nSPS) is 12.2. The molecule has 0 unspecified atom stereocenters. The monoisotopic (exact) mass is 613 g/mol. The van der Waals surface area contributed by atoms with Crippen LogP contribution in [0.25, 0.3) is 0 Å². The summed E-state index contributed by atoms with van der Waals surface area (Å²) in [5.41, 5.74) is 1.54. The number of hydrogen-bond donors (Lipinski definition) is 1. The minimum absolute atomic E-state index is 0.00824. The summed E-state index contributed by atoms with van der Waals surface area (Å²) < 4.78 is 54.8. The lowest BCUT2D eigenvalue weighted by Gasteiger charge is -2.22. The van der Waals surface area contributed by atoms with Gasteiger partial charge in [0.25, 0.3) is 0 Å². The van der Waals surface area contributed by atoms with E-state index in [-0.39, 0.29) is 22.0 Å². The van der Waals surface area contributed by atoms with Crippen LogP contribution in [0, 0.1) is 6.92 Å². The second kappa shape index (κ2) is 11.4. The highest BCUT2D eigenvalue weighted by atomic mass is 79.9. The van der Waals surface area contributed by atoms with Gasteiger partial charge in [-0.05, 0) is 66.6 Å². The van der Waals surface area contributed by atoms with E-state index in [2.05, 4.69) is 21.2 Å². The zero-order valence-electron chi connectivity index (χ0n) is 19.8. The third-order valence-electron chi connectivity index (χ3n) is 5.31. The Hall–Kier alpha value is -2.28. The lowest BCUT2D eigenvalue weighted by atomic mass is 10.2. The molecule has 8 nitrogen and oxygen atoms in total. The standard InChI is InChI=1S/C24H25BrClN3O5S2/c1-17-4-11-22(35(31,32)28(2)3)14-23(17)27-24(30)16-29(15-18-5-9-20(26)10-6-18)36(33,34)21-12-7-19(25)8-13-21/h4-14H,15-16H2,1-3H3,(H,27,30). The lowest BCUT2D eigenvalue weighted by molar-refractivity contribution is -0.116. The van der Waals surface area contributed by atoms with Gasteiger partial charge in [0.15, 0.2) is 0 Å². The molecule has 3 aromatic rings. The van der Waals surface area contributed by atoms with Gasteiger partial charge in [0, 0.05) is 35.8 Å². The molecule has 0 saturated carbocycles. The summed E-state index contributed by atoms with van der Waals surface area (Å²) in [6, 6.07) is 17.1. The molecule has 0 radical (unpaired) electrons. The minimum Gasteiger partial charge on any atom is -0.325 e. The molecule has 0 aliphatic rings. The number of anilines is 1. The molecule has 3 rings (SSSR count). The Kier molecular flexibility index (Phi) is 8.97. The maximum atomic E-state index is 13.5. The molecule has 12 heteroatoms. The van der Waals surface area contributed by atoms with E-state index >= 15 is 0 Å². The van der Waals surface area contributed by atoms with E-state index in [4.69, 9.17) is 11.6 Å². The third-order valence-corrected chi connectivity index (χ3v) is 9.70. The number of aryl methyl sites for hydroxylation is 1. The number of hydrogen-bond acceptors (Lipinski definition) is 5. The van der Waals surface area contributed by atoms with Gasteiger partial charge in [-0.2, -0.15) is 4.31 Å². The van der Waals surface area contributed by atoms with Crippen molar-refractivity contribution in [2.24, 2.45) is 0 Å². The largest absolute Gasteiger partial charge is 0.325 e. The Morgan fingerprint density at radius 3 is 2.06 bits per heavy atom. The zero-order valence-corrected chi connectivity index (χ0v) is 23.7. The van der Waals surface area contributed by atoms with Gasteiger partial charge in [-0.1, -0.05) is 45.7 Å². The van der Waals surface area contributed by atoms with Crippen LogP contribution in [0.4, 0.5) is 5.69 Å². The van der Waals surface area contributed by atoms with Crippen molar-refractivity contribution >= 4 is 59.2 Å². The SMILES string of the molecule is Cc1ccc(S(=O)(=O)N(C)C)cc1NC(=O)CN(Cc1ccc(Cl)cc1)S(=O)(=O)c1ccc(Br)cc1. The van der Waals surface area contributed by atoms with E-state index in [9.17, 15) is 21.6 Å². The number of carbonyl (C=O) groups excluding carboxylic acids is 1. The minimum atomic E-state index is -4.05. The lowest BCUT2D eigenvalue weighted by Crippen LogP contribution is -2.37. The van der Waals surface area contributed by atoms with Crippen LogP contribution in [0.3, 0.4) is 0 Å². The van der Waals surface area contributed by atoms with E-state index in [1.165, 1.54) is 38.4 Å². The van der Waals surface area contributed by atoms with E-state index in [1.54, 1.807) is 49.4 Å². The van der Waals surface area contributed by atoms with Crippen LogP contribution in [0.15, 0.2) is 81.0 Å². The van der Waals surface area contributed by atoms with Gasteiger partial charge >= 0.3 is 0 Å². The van der Waals surface area contributed by atoms with Gasteiger partial charge in [-0.3, -0.25) is 4.79 Å². The summed E-state index contributed by atoms with van der Waals surface area (Å²) in [7, 11) is -4.95. The van der Waals surface area contributed by atoms with Gasteiger partial charge in [-0.15, -0.1) is 0 Å². The first-order chi connectivity index (χ1) is 16.8. The van der Waals surface area contributed by atoms with Crippen molar-refractivity contribution in [1.29, 1.82) is 0 Å². The predicted octanol–water partition coefficient (Wildman–Crippen LogP) is 4.49. The Bertz CT molecular complexity index is 1460. The molecular formula is C24H25BrClN3O5S2. The molecule has 0 saturated heterocycles. The second-order valence-corrected chi connectivity index (χ2v) is 13.6. The van der Waals surface area contributed by atoms with Crippen LogP contribution in [-0.2, 0) is 31.4 Å². The predicted molar refractivity (Wildman–Crippen MR) is 144 cm³/mol. The fraction of sp³-hybridized carbons (Fsp3) is 0.208. The fourth-order valence-corrected chi connectivity index (χ4v) is 5.94. The number of rotatable bonds is 9. The molecule has 1 N–H and O–H groups in total. The van der Waals surface area contributed by atoms with Crippen molar-refractivity contribution in [3.05, 3.63) is 87.4 Å². The molecule has 0 heterocycles. The number of nitrogens with one attached hydrogen (secondary N) is 1. The van der Waals surface area contributed by atoms with Gasteiger partial charge in [0.2, 0.25) is 26.0 Å². The van der Waals surface area contributed by atoms with Gasteiger partial charge in [0.1, 0.15) is 0 Å². The molecule has 0 aliphatic heterocycles. The van der Waals surface area contributed by atoms with E-state index in [0.29, 0.717) is 20.6 Å². The summed E-state index contributed by atoms with van der Waals surface area (Å²) in [4.78, 5) is 13.1. The topological polar surface area (TPSA) is 104 Å². The van der Waals surface area contributed by atoms with Crippen LogP contribution in [0.1, 0.15) is 11.1 Å². The molecule has 0 fully saturated rings. The van der Waals surface area contributed by atoms with Crippen molar-refractivity contribution in [2.75, 3.05) is 26.0 Å². The Balaban J connectivity index is 1.92. The maximum Gasteiger partial charge on any atom is 0.243 e. The van der Waals surface area contributed by atoms with Crippen molar-refractivity contribution in [1.82, 2.24) is 8.61 Å². The van der Waals surface area contributed by atoms with E-state index in [0.717, 1.165) is 8.61 Å². The first-order valence-electron chi connectivity index (χ1n) is 10.6.